The van der Waals surface area contributed by atoms with Crippen LogP contribution < -0.4 is 10.6 Å². The van der Waals surface area contributed by atoms with Gasteiger partial charge in [-0.15, -0.1) is 0 Å². The van der Waals surface area contributed by atoms with Gasteiger partial charge in [0.15, 0.2) is 5.65 Å². The molecule has 0 fully saturated rings. The van der Waals surface area contributed by atoms with Gasteiger partial charge in [0.1, 0.15) is 5.82 Å². The maximum Gasteiger partial charge on any atom is 0.226 e. The molecule has 3 rings (SSSR count). The number of nitriles is 1. The molecule has 0 atom stereocenters. The maximum atomic E-state index is 8.79. The van der Waals surface area contributed by atoms with Crippen LogP contribution in [0, 0.1) is 11.3 Å². The van der Waals surface area contributed by atoms with Gasteiger partial charge in [-0.2, -0.15) is 20.3 Å². The van der Waals surface area contributed by atoms with Gasteiger partial charge >= 0.3 is 0 Å². The van der Waals surface area contributed by atoms with Gasteiger partial charge in [0.25, 0.3) is 0 Å². The van der Waals surface area contributed by atoms with E-state index >= 15 is 0 Å². The molecule has 7 nitrogen and oxygen atoms in total. The highest BCUT2D eigenvalue weighted by molar-refractivity contribution is 5.86. The van der Waals surface area contributed by atoms with Crippen molar-refractivity contribution in [2.75, 3.05) is 17.7 Å². The molecule has 0 aliphatic heterocycles. The third-order valence-electron chi connectivity index (χ3n) is 3.08. The van der Waals surface area contributed by atoms with E-state index in [1.165, 1.54) is 0 Å². The molecule has 0 aliphatic carbocycles. The quantitative estimate of drug-likeness (QED) is 0.674. The van der Waals surface area contributed by atoms with E-state index in [1.807, 2.05) is 12.1 Å². The minimum atomic E-state index is 0.522. The van der Waals surface area contributed by atoms with Crippen LogP contribution in [0.25, 0.3) is 11.0 Å². The lowest BCUT2D eigenvalue weighted by atomic mass is 10.1. The number of hydrogen-bond acceptors (Lipinski definition) is 6. The molecule has 0 spiro atoms. The highest BCUT2D eigenvalue weighted by Gasteiger charge is 2.08. The monoisotopic (exact) mass is 279 g/mol. The molecule has 2 aromatic heterocycles. The van der Waals surface area contributed by atoms with Gasteiger partial charge in [-0.3, -0.25) is 5.10 Å². The third-order valence-corrected chi connectivity index (χ3v) is 3.08. The molecule has 3 aromatic rings. The molecule has 0 unspecified atom stereocenters. The summed E-state index contributed by atoms with van der Waals surface area (Å²) in [5.74, 6) is 1.23. The summed E-state index contributed by atoms with van der Waals surface area (Å²) in [7, 11) is 1.77. The predicted molar refractivity (Wildman–Crippen MR) is 79.7 cm³/mol. The van der Waals surface area contributed by atoms with Crippen molar-refractivity contribution in [3.05, 3.63) is 41.6 Å². The highest BCUT2D eigenvalue weighted by atomic mass is 15.2. The maximum absolute atomic E-state index is 8.79. The average molecular weight is 279 g/mol. The molecule has 2 heterocycles. The summed E-state index contributed by atoms with van der Waals surface area (Å²) in [6, 6.07) is 9.52. The summed E-state index contributed by atoms with van der Waals surface area (Å²) in [6.07, 6.45) is 1.69. The van der Waals surface area contributed by atoms with Crippen molar-refractivity contribution in [2.45, 2.75) is 6.54 Å². The van der Waals surface area contributed by atoms with Crippen LogP contribution in [0.5, 0.6) is 0 Å². The van der Waals surface area contributed by atoms with E-state index in [2.05, 4.69) is 36.9 Å². The normalized spacial score (nSPS) is 10.3. The zero-order valence-electron chi connectivity index (χ0n) is 11.4. The van der Waals surface area contributed by atoms with Crippen molar-refractivity contribution in [3.8, 4) is 6.07 Å². The van der Waals surface area contributed by atoms with Crippen molar-refractivity contribution >= 4 is 22.8 Å². The summed E-state index contributed by atoms with van der Waals surface area (Å²) in [6.45, 7) is 0.603. The molecule has 21 heavy (non-hydrogen) atoms. The van der Waals surface area contributed by atoms with Crippen molar-refractivity contribution in [3.63, 3.8) is 0 Å². The lowest BCUT2D eigenvalue weighted by molar-refractivity contribution is 1.08. The Labute approximate surface area is 121 Å². The molecule has 104 valence electrons. The number of nitrogens with zero attached hydrogens (tertiary/aromatic N) is 4. The first kappa shape index (κ1) is 12.9. The number of aromatic nitrogens is 4. The molecule has 7 heteroatoms. The van der Waals surface area contributed by atoms with E-state index in [-0.39, 0.29) is 0 Å². The number of hydrogen-bond donors (Lipinski definition) is 3. The lowest BCUT2D eigenvalue weighted by Crippen LogP contribution is -2.05. The first-order valence-electron chi connectivity index (χ1n) is 6.42. The topological polar surface area (TPSA) is 102 Å². The van der Waals surface area contributed by atoms with Crippen LogP contribution in [0.3, 0.4) is 0 Å². The molecule has 3 N–H and O–H groups in total. The zero-order chi connectivity index (χ0) is 14.7. The van der Waals surface area contributed by atoms with Crippen LogP contribution in [-0.2, 0) is 6.54 Å². The number of anilines is 2. The summed E-state index contributed by atoms with van der Waals surface area (Å²) in [5, 5.41) is 22.6. The predicted octanol–water partition coefficient (Wildman–Crippen LogP) is 1.88. The Kier molecular flexibility index (Phi) is 3.35. The standard InChI is InChI=1S/C14H13N7/c1-16-14-19-12(11-8-18-21-13(11)20-14)17-7-10-4-2-9(6-15)3-5-10/h2-5,8H,7H2,1H3,(H3,16,17,18,19,20,21). The van der Waals surface area contributed by atoms with E-state index in [9.17, 15) is 0 Å². The molecular weight excluding hydrogens is 266 g/mol. The lowest BCUT2D eigenvalue weighted by Gasteiger charge is -2.08. The second kappa shape index (κ2) is 5.46. The van der Waals surface area contributed by atoms with Gasteiger partial charge in [0.05, 0.1) is 23.2 Å². The van der Waals surface area contributed by atoms with Crippen LogP contribution in [0.1, 0.15) is 11.1 Å². The molecule has 0 aliphatic rings. The first-order chi connectivity index (χ1) is 10.3. The van der Waals surface area contributed by atoms with Crippen molar-refractivity contribution in [1.29, 1.82) is 5.26 Å². The molecule has 0 amide bonds. The number of H-pyrrole nitrogens is 1. The first-order valence-corrected chi connectivity index (χ1v) is 6.42. The third kappa shape index (κ3) is 2.60. The minimum Gasteiger partial charge on any atom is -0.365 e. The van der Waals surface area contributed by atoms with E-state index in [0.29, 0.717) is 29.5 Å². The summed E-state index contributed by atoms with van der Waals surface area (Å²) >= 11 is 0. The molecule has 0 saturated heterocycles. The average Bonchev–Trinajstić information content (AvgIpc) is 3.01. The van der Waals surface area contributed by atoms with Gasteiger partial charge in [-0.1, -0.05) is 12.1 Å². The fraction of sp³-hybridized carbons (Fsp3) is 0.143. The Balaban J connectivity index is 1.83. The van der Waals surface area contributed by atoms with Crippen LogP contribution >= 0.6 is 0 Å². The van der Waals surface area contributed by atoms with Crippen molar-refractivity contribution in [2.24, 2.45) is 0 Å². The number of benzene rings is 1. The Morgan fingerprint density at radius 3 is 2.76 bits per heavy atom. The van der Waals surface area contributed by atoms with Gasteiger partial charge in [-0.05, 0) is 17.7 Å². The number of nitrogens with one attached hydrogen (secondary N) is 3. The van der Waals surface area contributed by atoms with Crippen LogP contribution in [0.2, 0.25) is 0 Å². The Morgan fingerprint density at radius 2 is 2.05 bits per heavy atom. The molecular formula is C14H13N7. The van der Waals surface area contributed by atoms with E-state index in [1.54, 1.807) is 25.4 Å². The fourth-order valence-corrected chi connectivity index (χ4v) is 1.96. The van der Waals surface area contributed by atoms with Crippen molar-refractivity contribution in [1.82, 2.24) is 20.2 Å². The van der Waals surface area contributed by atoms with Gasteiger partial charge in [-0.25, -0.2) is 0 Å². The SMILES string of the molecule is CNc1nc(NCc2ccc(C#N)cc2)c2cn[nH]c2n1. The number of rotatable bonds is 4. The molecule has 0 saturated carbocycles. The van der Waals surface area contributed by atoms with E-state index in [4.69, 9.17) is 5.26 Å². The number of aromatic amines is 1. The second-order valence-corrected chi connectivity index (χ2v) is 4.44. The summed E-state index contributed by atoms with van der Waals surface area (Å²) in [5.41, 5.74) is 2.39. The Bertz CT molecular complexity index is 798. The summed E-state index contributed by atoms with van der Waals surface area (Å²) in [4.78, 5) is 8.67. The van der Waals surface area contributed by atoms with Crippen LogP contribution in [0.15, 0.2) is 30.5 Å². The van der Waals surface area contributed by atoms with Crippen LogP contribution in [-0.4, -0.2) is 27.2 Å². The van der Waals surface area contributed by atoms with Gasteiger partial charge in [0.2, 0.25) is 5.95 Å². The molecule has 0 bridgehead atoms. The fourth-order valence-electron chi connectivity index (χ4n) is 1.96. The molecule has 0 radical (unpaired) electrons. The summed E-state index contributed by atoms with van der Waals surface area (Å²) < 4.78 is 0. The van der Waals surface area contributed by atoms with Gasteiger partial charge < -0.3 is 10.6 Å². The smallest absolute Gasteiger partial charge is 0.226 e. The van der Waals surface area contributed by atoms with E-state index in [0.717, 1.165) is 10.9 Å². The van der Waals surface area contributed by atoms with Crippen LogP contribution in [0.4, 0.5) is 11.8 Å². The Morgan fingerprint density at radius 1 is 1.24 bits per heavy atom. The zero-order valence-corrected chi connectivity index (χ0v) is 11.4. The second-order valence-electron chi connectivity index (χ2n) is 4.44. The van der Waals surface area contributed by atoms with Gasteiger partial charge in [0, 0.05) is 13.6 Å². The molecule has 1 aromatic carbocycles. The van der Waals surface area contributed by atoms with E-state index < -0.39 is 0 Å². The Hall–Kier alpha value is -3.14. The van der Waals surface area contributed by atoms with Crippen molar-refractivity contribution < 1.29 is 0 Å². The number of fused-ring (bicyclic) bond motifs is 1. The largest absolute Gasteiger partial charge is 0.365 e. The minimum absolute atomic E-state index is 0.522. The highest BCUT2D eigenvalue weighted by Crippen LogP contribution is 2.20.